The molecular formula is C19H26ClIN4OS. The van der Waals surface area contributed by atoms with Crippen LogP contribution in [0.25, 0.3) is 0 Å². The Hall–Kier alpha value is -1.19. The fourth-order valence-corrected chi connectivity index (χ4v) is 4.25. The highest BCUT2D eigenvalue weighted by Crippen LogP contribution is 2.30. The number of nitrogens with zero attached hydrogens (tertiary/aromatic N) is 2. The van der Waals surface area contributed by atoms with E-state index in [-0.39, 0.29) is 24.0 Å². The molecule has 8 heteroatoms. The van der Waals surface area contributed by atoms with Gasteiger partial charge in [-0.25, -0.2) is 0 Å². The normalized spacial score (nSPS) is 16.8. The molecule has 2 aromatic rings. The van der Waals surface area contributed by atoms with Crippen molar-refractivity contribution in [3.63, 3.8) is 0 Å². The van der Waals surface area contributed by atoms with Gasteiger partial charge in [0, 0.05) is 37.6 Å². The summed E-state index contributed by atoms with van der Waals surface area (Å²) < 4.78 is 6.32. The Balaban J connectivity index is 0.00000261. The molecule has 27 heavy (non-hydrogen) atoms. The van der Waals surface area contributed by atoms with Gasteiger partial charge in [0.1, 0.15) is 5.75 Å². The number of thiophene rings is 1. The first-order valence-electron chi connectivity index (χ1n) is 8.79. The molecule has 3 rings (SSSR count). The number of benzene rings is 1. The quantitative estimate of drug-likeness (QED) is 0.343. The van der Waals surface area contributed by atoms with Crippen molar-refractivity contribution in [3.8, 4) is 5.75 Å². The summed E-state index contributed by atoms with van der Waals surface area (Å²) in [5, 5.41) is 6.92. The number of ether oxygens (including phenoxy) is 1. The van der Waals surface area contributed by atoms with Crippen molar-refractivity contribution in [2.75, 3.05) is 38.7 Å². The van der Waals surface area contributed by atoms with Gasteiger partial charge in [0.2, 0.25) is 0 Å². The Bertz CT molecular complexity index is 755. The molecule has 1 fully saturated rings. The molecule has 1 atom stereocenters. The van der Waals surface area contributed by atoms with Crippen LogP contribution in [-0.4, -0.2) is 45.8 Å². The summed E-state index contributed by atoms with van der Waals surface area (Å²) in [5.74, 6) is 1.77. The van der Waals surface area contributed by atoms with Gasteiger partial charge in [-0.15, -0.1) is 35.3 Å². The predicted octanol–water partition coefficient (Wildman–Crippen LogP) is 4.01. The molecule has 0 aliphatic carbocycles. The minimum absolute atomic E-state index is 0. The molecule has 0 spiro atoms. The maximum atomic E-state index is 5.98. The third-order valence-corrected chi connectivity index (χ3v) is 5.76. The van der Waals surface area contributed by atoms with Gasteiger partial charge in [-0.3, -0.25) is 4.99 Å². The van der Waals surface area contributed by atoms with Crippen molar-refractivity contribution in [2.45, 2.75) is 18.9 Å². The molecular weight excluding hydrogens is 495 g/mol. The second kappa shape index (κ2) is 11.0. The third-order valence-electron chi connectivity index (χ3n) is 4.47. The van der Waals surface area contributed by atoms with Gasteiger partial charge in [-0.1, -0.05) is 23.7 Å². The number of hydrogen-bond donors (Lipinski definition) is 2. The summed E-state index contributed by atoms with van der Waals surface area (Å²) >= 11 is 7.60. The van der Waals surface area contributed by atoms with Crippen LogP contribution in [0.2, 0.25) is 4.34 Å². The molecule has 148 valence electrons. The smallest absolute Gasteiger partial charge is 0.191 e. The van der Waals surface area contributed by atoms with Gasteiger partial charge < -0.3 is 20.3 Å². The highest BCUT2D eigenvalue weighted by Gasteiger charge is 2.25. The average molecular weight is 521 g/mol. The van der Waals surface area contributed by atoms with Gasteiger partial charge in [0.25, 0.3) is 0 Å². The van der Waals surface area contributed by atoms with Crippen LogP contribution in [0.5, 0.6) is 5.75 Å². The third kappa shape index (κ3) is 6.15. The average Bonchev–Trinajstić information content (AvgIpc) is 3.29. The van der Waals surface area contributed by atoms with Gasteiger partial charge in [0.15, 0.2) is 5.96 Å². The topological polar surface area (TPSA) is 48.9 Å². The van der Waals surface area contributed by atoms with E-state index in [4.69, 9.17) is 16.3 Å². The minimum Gasteiger partial charge on any atom is -0.495 e. The van der Waals surface area contributed by atoms with Crippen LogP contribution in [-0.2, 0) is 6.42 Å². The number of methoxy groups -OCH3 is 1. The van der Waals surface area contributed by atoms with Crippen molar-refractivity contribution in [1.82, 2.24) is 10.6 Å². The molecule has 0 radical (unpaired) electrons. The van der Waals surface area contributed by atoms with Gasteiger partial charge in [-0.2, -0.15) is 0 Å². The molecule has 5 nitrogen and oxygen atoms in total. The lowest BCUT2D eigenvalue weighted by molar-refractivity contribution is 0.415. The number of hydrogen-bond acceptors (Lipinski definition) is 4. The van der Waals surface area contributed by atoms with E-state index in [9.17, 15) is 0 Å². The number of nitrogens with one attached hydrogen (secondary N) is 2. The van der Waals surface area contributed by atoms with E-state index in [1.165, 1.54) is 4.88 Å². The summed E-state index contributed by atoms with van der Waals surface area (Å²) in [7, 11) is 3.53. The van der Waals surface area contributed by atoms with Crippen LogP contribution in [0.3, 0.4) is 0 Å². The summed E-state index contributed by atoms with van der Waals surface area (Å²) in [5.41, 5.74) is 1.15. The molecule has 1 aromatic carbocycles. The number of anilines is 1. The molecule has 0 saturated carbocycles. The predicted molar refractivity (Wildman–Crippen MR) is 127 cm³/mol. The number of rotatable bonds is 6. The first-order chi connectivity index (χ1) is 12.7. The largest absolute Gasteiger partial charge is 0.495 e. The van der Waals surface area contributed by atoms with Crippen LogP contribution in [0, 0.1) is 0 Å². The lowest BCUT2D eigenvalue weighted by atomic mass is 10.2. The number of guanidine groups is 1. The van der Waals surface area contributed by atoms with Crippen LogP contribution < -0.4 is 20.3 Å². The summed E-state index contributed by atoms with van der Waals surface area (Å²) in [6.07, 6.45) is 2.01. The maximum Gasteiger partial charge on any atom is 0.191 e. The van der Waals surface area contributed by atoms with Crippen molar-refractivity contribution < 1.29 is 4.74 Å². The van der Waals surface area contributed by atoms with E-state index in [1.807, 2.05) is 25.2 Å². The maximum absolute atomic E-state index is 5.98. The molecule has 2 N–H and O–H groups in total. The minimum atomic E-state index is 0. The van der Waals surface area contributed by atoms with Crippen molar-refractivity contribution in [2.24, 2.45) is 4.99 Å². The van der Waals surface area contributed by atoms with E-state index in [0.29, 0.717) is 6.04 Å². The van der Waals surface area contributed by atoms with Crippen LogP contribution in [0.1, 0.15) is 11.3 Å². The molecule has 1 aliphatic heterocycles. The Morgan fingerprint density at radius 1 is 1.33 bits per heavy atom. The fraction of sp³-hybridized carbons (Fsp3) is 0.421. The van der Waals surface area contributed by atoms with Crippen molar-refractivity contribution in [1.29, 1.82) is 0 Å². The van der Waals surface area contributed by atoms with Crippen molar-refractivity contribution >= 4 is 58.6 Å². The SMILES string of the molecule is CN=C(NCCc1ccc(Cl)s1)NC1CCN(c2ccccc2OC)C1.I. The lowest BCUT2D eigenvalue weighted by Crippen LogP contribution is -2.45. The lowest BCUT2D eigenvalue weighted by Gasteiger charge is -2.22. The zero-order valence-corrected chi connectivity index (χ0v) is 19.5. The Labute approximate surface area is 187 Å². The first kappa shape index (κ1) is 22.1. The fourth-order valence-electron chi connectivity index (χ4n) is 3.17. The van der Waals surface area contributed by atoms with E-state index in [0.717, 1.165) is 54.2 Å². The Kier molecular flexibility index (Phi) is 8.98. The Morgan fingerprint density at radius 3 is 2.85 bits per heavy atom. The van der Waals surface area contributed by atoms with E-state index in [1.54, 1.807) is 18.4 Å². The molecule has 1 unspecified atom stereocenters. The van der Waals surface area contributed by atoms with Gasteiger partial charge in [-0.05, 0) is 37.1 Å². The van der Waals surface area contributed by atoms with Crippen LogP contribution >= 0.6 is 46.9 Å². The summed E-state index contributed by atoms with van der Waals surface area (Å²) in [6, 6.07) is 12.6. The molecule has 1 aromatic heterocycles. The second-order valence-electron chi connectivity index (χ2n) is 6.20. The molecule has 1 aliphatic rings. The number of halogens is 2. The molecule has 0 bridgehead atoms. The summed E-state index contributed by atoms with van der Waals surface area (Å²) in [4.78, 5) is 7.99. The number of aliphatic imine (C=N–C) groups is 1. The molecule has 0 amide bonds. The van der Waals surface area contributed by atoms with Gasteiger partial charge in [0.05, 0.1) is 17.1 Å². The van der Waals surface area contributed by atoms with Crippen LogP contribution in [0.15, 0.2) is 41.4 Å². The zero-order chi connectivity index (χ0) is 18.4. The first-order valence-corrected chi connectivity index (χ1v) is 9.98. The standard InChI is InChI=1S/C19H25ClN4OS.HI/c1-21-19(22-11-9-15-7-8-18(20)26-15)23-14-10-12-24(13-14)16-5-3-4-6-17(16)25-2;/h3-8,14H,9-13H2,1-2H3,(H2,21,22,23);1H. The molecule has 1 saturated heterocycles. The van der Waals surface area contributed by atoms with E-state index < -0.39 is 0 Å². The highest BCUT2D eigenvalue weighted by atomic mass is 127. The highest BCUT2D eigenvalue weighted by molar-refractivity contribution is 14.0. The van der Waals surface area contributed by atoms with E-state index in [2.05, 4.69) is 38.7 Å². The summed E-state index contributed by atoms with van der Waals surface area (Å²) in [6.45, 7) is 2.77. The monoisotopic (exact) mass is 520 g/mol. The van der Waals surface area contributed by atoms with Gasteiger partial charge >= 0.3 is 0 Å². The van der Waals surface area contributed by atoms with E-state index >= 15 is 0 Å². The second-order valence-corrected chi connectivity index (χ2v) is 8.00. The zero-order valence-electron chi connectivity index (χ0n) is 15.6. The van der Waals surface area contributed by atoms with Crippen LogP contribution in [0.4, 0.5) is 5.69 Å². The van der Waals surface area contributed by atoms with Crippen molar-refractivity contribution in [3.05, 3.63) is 45.6 Å². The molecule has 2 heterocycles. The Morgan fingerprint density at radius 2 is 2.15 bits per heavy atom. The number of para-hydroxylation sites is 2.